The van der Waals surface area contributed by atoms with Crippen molar-refractivity contribution in [3.63, 3.8) is 0 Å². The van der Waals surface area contributed by atoms with E-state index in [2.05, 4.69) is 5.32 Å². The molecule has 2 unspecified atom stereocenters. The lowest BCUT2D eigenvalue weighted by atomic mass is 10.1. The standard InChI is InChI=1S/C16H22N2O3/c1-20-14-4-2-3-5-15(14)21-11-16(19)18-9-8-12-6-7-13(10-18)17-12/h2-5,12-13,17H,6-11H2,1H3. The summed E-state index contributed by atoms with van der Waals surface area (Å²) in [6, 6.07) is 8.43. The molecular formula is C16H22N2O3. The number of para-hydroxylation sites is 2. The maximum Gasteiger partial charge on any atom is 0.260 e. The third-order valence-electron chi connectivity index (χ3n) is 4.30. The van der Waals surface area contributed by atoms with E-state index >= 15 is 0 Å². The van der Waals surface area contributed by atoms with Gasteiger partial charge in [-0.1, -0.05) is 12.1 Å². The van der Waals surface area contributed by atoms with Gasteiger partial charge in [0.1, 0.15) is 0 Å². The molecule has 5 nitrogen and oxygen atoms in total. The van der Waals surface area contributed by atoms with Crippen LogP contribution in [0.1, 0.15) is 19.3 Å². The smallest absolute Gasteiger partial charge is 0.260 e. The fourth-order valence-corrected chi connectivity index (χ4v) is 3.14. The first-order valence-corrected chi connectivity index (χ1v) is 7.56. The van der Waals surface area contributed by atoms with Crippen molar-refractivity contribution in [3.8, 4) is 11.5 Å². The van der Waals surface area contributed by atoms with Gasteiger partial charge in [0.25, 0.3) is 5.91 Å². The fraction of sp³-hybridized carbons (Fsp3) is 0.562. The average Bonchev–Trinajstić information content (AvgIpc) is 2.84. The van der Waals surface area contributed by atoms with Gasteiger partial charge in [0.15, 0.2) is 18.1 Å². The van der Waals surface area contributed by atoms with Gasteiger partial charge in [-0.15, -0.1) is 0 Å². The Labute approximate surface area is 125 Å². The number of hydrogen-bond donors (Lipinski definition) is 1. The molecule has 0 radical (unpaired) electrons. The Balaban J connectivity index is 1.56. The van der Waals surface area contributed by atoms with Crippen LogP contribution < -0.4 is 14.8 Å². The molecule has 2 aliphatic heterocycles. The van der Waals surface area contributed by atoms with Crippen LogP contribution in [0.4, 0.5) is 0 Å². The quantitative estimate of drug-likeness (QED) is 0.911. The summed E-state index contributed by atoms with van der Waals surface area (Å²) in [6.07, 6.45) is 3.45. The van der Waals surface area contributed by atoms with E-state index in [4.69, 9.17) is 9.47 Å². The van der Waals surface area contributed by atoms with E-state index in [1.54, 1.807) is 7.11 Å². The van der Waals surface area contributed by atoms with Gasteiger partial charge >= 0.3 is 0 Å². The summed E-state index contributed by atoms with van der Waals surface area (Å²) in [5.74, 6) is 1.32. The zero-order valence-corrected chi connectivity index (χ0v) is 12.4. The molecule has 2 heterocycles. The number of nitrogens with zero attached hydrogens (tertiary/aromatic N) is 1. The maximum absolute atomic E-state index is 12.3. The molecule has 0 saturated carbocycles. The number of fused-ring (bicyclic) bond motifs is 2. The molecule has 1 aromatic carbocycles. The van der Waals surface area contributed by atoms with Gasteiger partial charge in [-0.25, -0.2) is 0 Å². The minimum Gasteiger partial charge on any atom is -0.493 e. The number of amides is 1. The molecule has 0 aromatic heterocycles. The first-order chi connectivity index (χ1) is 10.3. The van der Waals surface area contributed by atoms with E-state index in [0.717, 1.165) is 19.5 Å². The number of nitrogens with one attached hydrogen (secondary N) is 1. The summed E-state index contributed by atoms with van der Waals surface area (Å²) in [5.41, 5.74) is 0. The summed E-state index contributed by atoms with van der Waals surface area (Å²) in [5, 5.41) is 3.57. The number of rotatable bonds is 4. The fourth-order valence-electron chi connectivity index (χ4n) is 3.14. The predicted octanol–water partition coefficient (Wildman–Crippen LogP) is 1.43. The van der Waals surface area contributed by atoms with Crippen LogP contribution in [0, 0.1) is 0 Å². The summed E-state index contributed by atoms with van der Waals surface area (Å²) in [6.45, 7) is 1.69. The zero-order valence-electron chi connectivity index (χ0n) is 12.4. The Morgan fingerprint density at radius 3 is 2.81 bits per heavy atom. The number of benzene rings is 1. The molecule has 2 aliphatic rings. The Morgan fingerprint density at radius 1 is 1.24 bits per heavy atom. The number of ether oxygens (including phenoxy) is 2. The second-order valence-corrected chi connectivity index (χ2v) is 5.71. The minimum atomic E-state index is 0.0512. The molecular weight excluding hydrogens is 268 g/mol. The molecule has 2 atom stereocenters. The van der Waals surface area contributed by atoms with E-state index in [-0.39, 0.29) is 12.5 Å². The maximum atomic E-state index is 12.3. The van der Waals surface area contributed by atoms with Crippen LogP contribution in [-0.2, 0) is 4.79 Å². The monoisotopic (exact) mass is 290 g/mol. The normalized spacial score (nSPS) is 24.5. The van der Waals surface area contributed by atoms with Crippen molar-refractivity contribution in [3.05, 3.63) is 24.3 Å². The number of likely N-dealkylation sites (tertiary alicyclic amines) is 1. The first kappa shape index (κ1) is 14.2. The SMILES string of the molecule is COc1ccccc1OCC(=O)N1CCC2CCC(C1)N2. The van der Waals surface area contributed by atoms with E-state index in [0.29, 0.717) is 23.6 Å². The van der Waals surface area contributed by atoms with Gasteiger partial charge in [0, 0.05) is 25.2 Å². The zero-order chi connectivity index (χ0) is 14.7. The van der Waals surface area contributed by atoms with E-state index in [9.17, 15) is 4.79 Å². The van der Waals surface area contributed by atoms with Crippen LogP contribution >= 0.6 is 0 Å². The van der Waals surface area contributed by atoms with Crippen LogP contribution in [0.25, 0.3) is 0 Å². The van der Waals surface area contributed by atoms with Gasteiger partial charge < -0.3 is 19.7 Å². The topological polar surface area (TPSA) is 50.8 Å². The van der Waals surface area contributed by atoms with Crippen LogP contribution in [0.3, 0.4) is 0 Å². The largest absolute Gasteiger partial charge is 0.493 e. The molecule has 2 saturated heterocycles. The number of methoxy groups -OCH3 is 1. The third-order valence-corrected chi connectivity index (χ3v) is 4.30. The van der Waals surface area contributed by atoms with E-state index in [1.165, 1.54) is 12.8 Å². The molecule has 1 N–H and O–H groups in total. The van der Waals surface area contributed by atoms with Crippen LogP contribution in [0.5, 0.6) is 11.5 Å². The second kappa shape index (κ2) is 6.35. The van der Waals surface area contributed by atoms with Gasteiger partial charge in [-0.3, -0.25) is 4.79 Å². The van der Waals surface area contributed by atoms with Crippen molar-refractivity contribution in [2.24, 2.45) is 0 Å². The molecule has 21 heavy (non-hydrogen) atoms. The highest BCUT2D eigenvalue weighted by Crippen LogP contribution is 2.26. The molecule has 2 fully saturated rings. The first-order valence-electron chi connectivity index (χ1n) is 7.56. The highest BCUT2D eigenvalue weighted by molar-refractivity contribution is 5.78. The summed E-state index contributed by atoms with van der Waals surface area (Å²) < 4.78 is 10.9. The number of hydrogen-bond acceptors (Lipinski definition) is 4. The predicted molar refractivity (Wildman–Crippen MR) is 79.6 cm³/mol. The number of carbonyl (C=O) groups is 1. The van der Waals surface area contributed by atoms with Crippen molar-refractivity contribution in [1.82, 2.24) is 10.2 Å². The molecule has 0 spiro atoms. The van der Waals surface area contributed by atoms with Crippen LogP contribution in [0.2, 0.25) is 0 Å². The molecule has 1 amide bonds. The molecule has 2 bridgehead atoms. The van der Waals surface area contributed by atoms with E-state index < -0.39 is 0 Å². The number of carbonyl (C=O) groups excluding carboxylic acids is 1. The highest BCUT2D eigenvalue weighted by atomic mass is 16.5. The minimum absolute atomic E-state index is 0.0512. The lowest BCUT2D eigenvalue weighted by molar-refractivity contribution is -0.133. The van der Waals surface area contributed by atoms with Crippen molar-refractivity contribution in [2.75, 3.05) is 26.8 Å². The molecule has 5 heteroatoms. The molecule has 0 aliphatic carbocycles. The molecule has 3 rings (SSSR count). The summed E-state index contributed by atoms with van der Waals surface area (Å²) in [7, 11) is 1.60. The van der Waals surface area contributed by atoms with Crippen molar-refractivity contribution >= 4 is 5.91 Å². The molecule has 114 valence electrons. The lowest BCUT2D eigenvalue weighted by Gasteiger charge is -2.24. The third kappa shape index (κ3) is 3.29. The Bertz CT molecular complexity index is 506. The Kier molecular flexibility index (Phi) is 4.29. The van der Waals surface area contributed by atoms with Crippen molar-refractivity contribution in [2.45, 2.75) is 31.3 Å². The summed E-state index contributed by atoms with van der Waals surface area (Å²) in [4.78, 5) is 14.3. The van der Waals surface area contributed by atoms with Gasteiger partial charge in [-0.2, -0.15) is 0 Å². The lowest BCUT2D eigenvalue weighted by Crippen LogP contribution is -2.41. The van der Waals surface area contributed by atoms with Crippen molar-refractivity contribution in [1.29, 1.82) is 0 Å². The highest BCUT2D eigenvalue weighted by Gasteiger charge is 2.31. The van der Waals surface area contributed by atoms with E-state index in [1.807, 2.05) is 29.2 Å². The average molecular weight is 290 g/mol. The Morgan fingerprint density at radius 2 is 2.00 bits per heavy atom. The summed E-state index contributed by atoms with van der Waals surface area (Å²) >= 11 is 0. The van der Waals surface area contributed by atoms with Gasteiger partial charge in [0.05, 0.1) is 7.11 Å². The van der Waals surface area contributed by atoms with Gasteiger partial charge in [0.2, 0.25) is 0 Å². The van der Waals surface area contributed by atoms with Crippen LogP contribution in [0.15, 0.2) is 24.3 Å². The van der Waals surface area contributed by atoms with Gasteiger partial charge in [-0.05, 0) is 31.4 Å². The second-order valence-electron chi connectivity index (χ2n) is 5.71. The van der Waals surface area contributed by atoms with Crippen molar-refractivity contribution < 1.29 is 14.3 Å². The Hall–Kier alpha value is -1.75. The molecule has 1 aromatic rings. The van der Waals surface area contributed by atoms with Crippen LogP contribution in [-0.4, -0.2) is 49.7 Å².